The molecule has 0 unspecified atom stereocenters. The molecule has 0 spiro atoms. The number of nitrogens with one attached hydrogen (secondary N) is 1. The molecule has 1 saturated heterocycles. The summed E-state index contributed by atoms with van der Waals surface area (Å²) in [5.74, 6) is -0.382. The first-order valence-electron chi connectivity index (χ1n) is 7.97. The Morgan fingerprint density at radius 2 is 2.04 bits per heavy atom. The summed E-state index contributed by atoms with van der Waals surface area (Å²) in [6.45, 7) is 0.788. The van der Waals surface area contributed by atoms with E-state index < -0.39 is 42.2 Å². The van der Waals surface area contributed by atoms with Crippen LogP contribution in [0.15, 0.2) is 47.4 Å². The topological polar surface area (TPSA) is 134 Å². The van der Waals surface area contributed by atoms with Gasteiger partial charge in [-0.25, -0.2) is 4.79 Å². The van der Waals surface area contributed by atoms with E-state index in [1.165, 1.54) is 19.2 Å². The molecule has 2 aromatic rings. The maximum atomic E-state index is 12.3. The van der Waals surface area contributed by atoms with E-state index in [0.29, 0.717) is 5.56 Å². The van der Waals surface area contributed by atoms with Gasteiger partial charge in [0, 0.05) is 11.8 Å². The number of hydrogen-bond acceptors (Lipinski definition) is 7. The van der Waals surface area contributed by atoms with Crippen LogP contribution in [-0.2, 0) is 4.74 Å². The number of carbonyl (C=O) groups is 1. The second-order valence-corrected chi connectivity index (χ2v) is 6.20. The first kappa shape index (κ1) is 18.2. The van der Waals surface area contributed by atoms with Gasteiger partial charge in [0.25, 0.3) is 5.91 Å². The minimum atomic E-state index is -1.80. The molecule has 1 aliphatic heterocycles. The molecule has 1 aliphatic rings. The number of nitrogens with zero attached hydrogens (tertiary/aromatic N) is 2. The number of hydrogen-bond donors (Lipinski definition) is 4. The van der Waals surface area contributed by atoms with E-state index in [2.05, 4.69) is 10.3 Å². The van der Waals surface area contributed by atoms with E-state index in [4.69, 9.17) is 4.74 Å². The molecule has 4 N–H and O–H groups in total. The van der Waals surface area contributed by atoms with Crippen LogP contribution in [0.1, 0.15) is 23.5 Å². The molecule has 0 radical (unpaired) electrons. The van der Waals surface area contributed by atoms with Gasteiger partial charge in [0.15, 0.2) is 6.23 Å². The van der Waals surface area contributed by atoms with Crippen molar-refractivity contribution in [1.29, 1.82) is 0 Å². The molecule has 1 fully saturated rings. The summed E-state index contributed by atoms with van der Waals surface area (Å²) >= 11 is 0. The van der Waals surface area contributed by atoms with Crippen molar-refractivity contribution in [2.24, 2.45) is 0 Å². The highest BCUT2D eigenvalue weighted by atomic mass is 16.6. The molecule has 9 nitrogen and oxygen atoms in total. The maximum absolute atomic E-state index is 12.3. The van der Waals surface area contributed by atoms with E-state index in [1.54, 1.807) is 30.3 Å². The standard InChI is InChI=1S/C17H19N3O6/c1-17(25)13(22)11(9-21)26-15(17)20-8-7-12(19-16(20)24)18-14(23)10-5-3-2-4-6-10/h2-8,11,13,15,21-22,25H,9H2,1H3,(H,18,19,23,24)/t11-,13-,15-,17+/m1/s1. The van der Waals surface area contributed by atoms with Crippen LogP contribution in [0.2, 0.25) is 0 Å². The third-order valence-corrected chi connectivity index (χ3v) is 4.29. The largest absolute Gasteiger partial charge is 0.394 e. The monoisotopic (exact) mass is 361 g/mol. The lowest BCUT2D eigenvalue weighted by Crippen LogP contribution is -2.46. The molecule has 2 heterocycles. The Balaban J connectivity index is 1.82. The number of aliphatic hydroxyl groups is 3. The predicted octanol–water partition coefficient (Wildman–Crippen LogP) is -0.503. The van der Waals surface area contributed by atoms with Gasteiger partial charge < -0.3 is 25.4 Å². The summed E-state index contributed by atoms with van der Waals surface area (Å²) in [5.41, 5.74) is -2.17. The lowest BCUT2D eigenvalue weighted by Gasteiger charge is -2.27. The normalized spacial score (nSPS) is 28.1. The van der Waals surface area contributed by atoms with Crippen molar-refractivity contribution in [3.63, 3.8) is 0 Å². The van der Waals surface area contributed by atoms with Crippen LogP contribution in [0.4, 0.5) is 5.82 Å². The Morgan fingerprint density at radius 1 is 1.35 bits per heavy atom. The minimum absolute atomic E-state index is 0.0389. The lowest BCUT2D eigenvalue weighted by molar-refractivity contribution is -0.0986. The summed E-state index contributed by atoms with van der Waals surface area (Å²) in [7, 11) is 0. The number of aromatic nitrogens is 2. The Kier molecular flexibility index (Phi) is 4.88. The zero-order chi connectivity index (χ0) is 18.9. The van der Waals surface area contributed by atoms with Gasteiger partial charge in [0.05, 0.1) is 6.61 Å². The molecule has 9 heteroatoms. The second-order valence-electron chi connectivity index (χ2n) is 6.20. The van der Waals surface area contributed by atoms with Gasteiger partial charge in [-0.1, -0.05) is 18.2 Å². The van der Waals surface area contributed by atoms with E-state index in [-0.39, 0.29) is 5.82 Å². The smallest absolute Gasteiger partial charge is 0.351 e. The van der Waals surface area contributed by atoms with Crippen LogP contribution >= 0.6 is 0 Å². The predicted molar refractivity (Wildman–Crippen MR) is 90.5 cm³/mol. The van der Waals surface area contributed by atoms with Crippen LogP contribution in [0.5, 0.6) is 0 Å². The Bertz CT molecular complexity index is 851. The highest BCUT2D eigenvalue weighted by Crippen LogP contribution is 2.37. The van der Waals surface area contributed by atoms with Gasteiger partial charge in [-0.05, 0) is 25.1 Å². The van der Waals surface area contributed by atoms with E-state index >= 15 is 0 Å². The molecule has 138 valence electrons. The van der Waals surface area contributed by atoms with Crippen LogP contribution in [0.3, 0.4) is 0 Å². The van der Waals surface area contributed by atoms with E-state index in [1.807, 2.05) is 0 Å². The summed E-state index contributed by atoms with van der Waals surface area (Å²) in [4.78, 5) is 28.2. The van der Waals surface area contributed by atoms with Gasteiger partial charge in [-0.3, -0.25) is 9.36 Å². The number of aliphatic hydroxyl groups excluding tert-OH is 2. The quantitative estimate of drug-likeness (QED) is 0.577. The zero-order valence-corrected chi connectivity index (χ0v) is 13.9. The number of benzene rings is 1. The molecular weight excluding hydrogens is 342 g/mol. The van der Waals surface area contributed by atoms with Gasteiger partial charge in [0.1, 0.15) is 23.6 Å². The number of amides is 1. The molecule has 1 aromatic carbocycles. The van der Waals surface area contributed by atoms with Gasteiger partial charge in [-0.15, -0.1) is 0 Å². The average Bonchev–Trinajstić information content (AvgIpc) is 2.85. The van der Waals surface area contributed by atoms with Gasteiger partial charge in [0.2, 0.25) is 0 Å². The first-order valence-corrected chi connectivity index (χ1v) is 7.97. The number of carbonyl (C=O) groups excluding carboxylic acids is 1. The van der Waals surface area contributed by atoms with Crippen molar-refractivity contribution in [2.75, 3.05) is 11.9 Å². The summed E-state index contributed by atoms with van der Waals surface area (Å²) in [6.07, 6.45) is -2.34. The molecule has 0 aliphatic carbocycles. The fourth-order valence-corrected chi connectivity index (χ4v) is 2.83. The number of anilines is 1. The third kappa shape index (κ3) is 3.25. The van der Waals surface area contributed by atoms with Crippen molar-refractivity contribution in [1.82, 2.24) is 9.55 Å². The zero-order valence-electron chi connectivity index (χ0n) is 13.9. The van der Waals surface area contributed by atoms with Crippen LogP contribution < -0.4 is 11.0 Å². The van der Waals surface area contributed by atoms with Crippen molar-refractivity contribution >= 4 is 11.7 Å². The summed E-state index contributed by atoms with van der Waals surface area (Å²) in [6, 6.07) is 9.82. The first-order chi connectivity index (χ1) is 12.3. The maximum Gasteiger partial charge on any atom is 0.351 e. The lowest BCUT2D eigenvalue weighted by atomic mass is 9.96. The van der Waals surface area contributed by atoms with Crippen molar-refractivity contribution in [2.45, 2.75) is 31.0 Å². The fourth-order valence-electron chi connectivity index (χ4n) is 2.83. The SMILES string of the molecule is C[C@]1(O)[C@H](O)[C@@H](CO)O[C@H]1n1ccc(NC(=O)c2ccccc2)nc1=O. The fraction of sp³-hybridized carbons (Fsp3) is 0.353. The molecule has 0 saturated carbocycles. The van der Waals surface area contributed by atoms with Crippen molar-refractivity contribution in [3.8, 4) is 0 Å². The van der Waals surface area contributed by atoms with E-state index in [9.17, 15) is 24.9 Å². The van der Waals surface area contributed by atoms with Crippen LogP contribution in [0.25, 0.3) is 0 Å². The summed E-state index contributed by atoms with van der Waals surface area (Å²) in [5, 5.41) is 32.2. The van der Waals surface area contributed by atoms with E-state index in [0.717, 1.165) is 4.57 Å². The van der Waals surface area contributed by atoms with Gasteiger partial charge in [-0.2, -0.15) is 4.98 Å². The molecule has 26 heavy (non-hydrogen) atoms. The highest BCUT2D eigenvalue weighted by molar-refractivity contribution is 6.03. The number of rotatable bonds is 4. The second kappa shape index (κ2) is 6.96. The Morgan fingerprint density at radius 3 is 2.62 bits per heavy atom. The molecule has 4 atom stereocenters. The molecule has 1 aromatic heterocycles. The molecule has 1 amide bonds. The Hall–Kier alpha value is -2.59. The van der Waals surface area contributed by atoms with Crippen LogP contribution in [-0.4, -0.2) is 55.2 Å². The number of ether oxygens (including phenoxy) is 1. The van der Waals surface area contributed by atoms with Crippen molar-refractivity contribution < 1.29 is 24.9 Å². The third-order valence-electron chi connectivity index (χ3n) is 4.29. The van der Waals surface area contributed by atoms with Crippen molar-refractivity contribution in [3.05, 3.63) is 58.6 Å². The average molecular weight is 361 g/mol. The highest BCUT2D eigenvalue weighted by Gasteiger charge is 2.53. The van der Waals surface area contributed by atoms with Crippen LogP contribution in [0, 0.1) is 0 Å². The molecule has 3 rings (SSSR count). The molecular formula is C17H19N3O6. The molecule has 0 bridgehead atoms. The Labute approximate surface area is 148 Å². The summed E-state index contributed by atoms with van der Waals surface area (Å²) < 4.78 is 6.38. The van der Waals surface area contributed by atoms with Gasteiger partial charge >= 0.3 is 5.69 Å². The minimum Gasteiger partial charge on any atom is -0.394 e.